The second-order valence-corrected chi connectivity index (χ2v) is 9.92. The first-order valence-corrected chi connectivity index (χ1v) is 13.0. The minimum absolute atomic E-state index is 0. The summed E-state index contributed by atoms with van der Waals surface area (Å²) in [5.41, 5.74) is 3.44. The first-order valence-electron chi connectivity index (χ1n) is 13.0. The van der Waals surface area contributed by atoms with Crippen LogP contribution < -0.4 is 15.0 Å². The minimum atomic E-state index is -0.137. The number of aromatic nitrogens is 2. The maximum atomic E-state index is 9.75. The Morgan fingerprint density at radius 1 is 0.872 bits per heavy atom. The van der Waals surface area contributed by atoms with Crippen molar-refractivity contribution in [2.75, 3.05) is 50.6 Å². The molecule has 3 aromatic rings. The molecule has 2 aromatic carbocycles. The maximum absolute atomic E-state index is 9.75. The lowest BCUT2D eigenvalue weighted by atomic mass is 10.0. The van der Waals surface area contributed by atoms with Gasteiger partial charge in [0.25, 0.3) is 0 Å². The number of fused-ring (bicyclic) bond motifs is 1. The average molecular weight is 601 g/mol. The molecule has 0 spiro atoms. The summed E-state index contributed by atoms with van der Waals surface area (Å²) in [7, 11) is 3.35. The summed E-state index contributed by atoms with van der Waals surface area (Å²) < 4.78 is 10.8. The number of aliphatic hydroxyl groups is 1. The van der Waals surface area contributed by atoms with E-state index in [4.69, 9.17) is 9.47 Å². The predicted octanol–water partition coefficient (Wildman–Crippen LogP) is 5.09. The van der Waals surface area contributed by atoms with Crippen LogP contribution in [0.5, 0.6) is 5.75 Å². The Morgan fingerprint density at radius 2 is 1.56 bits per heavy atom. The Kier molecular flexibility index (Phi) is 13.3. The van der Waals surface area contributed by atoms with Crippen molar-refractivity contribution in [3.63, 3.8) is 0 Å². The molecule has 0 atom stereocenters. The molecular formula is C28H40Cl3N5O3. The first kappa shape index (κ1) is 33.1. The third-order valence-corrected chi connectivity index (χ3v) is 7.45. The lowest BCUT2D eigenvalue weighted by Gasteiger charge is -2.33. The first-order chi connectivity index (χ1) is 17.6. The van der Waals surface area contributed by atoms with E-state index in [1.165, 1.54) is 11.3 Å². The Balaban J connectivity index is 0.00000178. The molecule has 2 fully saturated rings. The summed E-state index contributed by atoms with van der Waals surface area (Å²) in [5, 5.41) is 24.4. The van der Waals surface area contributed by atoms with Crippen molar-refractivity contribution in [1.29, 1.82) is 0 Å². The van der Waals surface area contributed by atoms with E-state index in [9.17, 15) is 5.11 Å². The molecule has 0 saturated carbocycles. The van der Waals surface area contributed by atoms with Crippen molar-refractivity contribution in [1.82, 2.24) is 15.1 Å². The molecule has 0 unspecified atom stereocenters. The number of rotatable bonds is 8. The van der Waals surface area contributed by atoms with Gasteiger partial charge < -0.3 is 24.8 Å². The standard InChI is InChI=1S/C28H37N5O3.3ClH/c1-35-19-27-25-8-7-24(36-2)17-26(25)28(31-30-27)29-21-9-13-32(14-10-21)18-20-3-5-22(6-4-20)33-15-11-23(34)12-16-33;;;/h3-8,17,21,23,34H,9-16,18-19H2,1-2H3,(H,29,31);3*1H. The molecule has 0 radical (unpaired) electrons. The molecule has 2 saturated heterocycles. The predicted molar refractivity (Wildman–Crippen MR) is 164 cm³/mol. The molecule has 11 heteroatoms. The number of methoxy groups -OCH3 is 2. The maximum Gasteiger partial charge on any atom is 0.156 e. The highest BCUT2D eigenvalue weighted by atomic mass is 35.5. The number of halogens is 3. The number of piperidine rings is 2. The monoisotopic (exact) mass is 599 g/mol. The van der Waals surface area contributed by atoms with Gasteiger partial charge in [0.2, 0.25) is 0 Å². The van der Waals surface area contributed by atoms with E-state index in [0.29, 0.717) is 12.6 Å². The third kappa shape index (κ3) is 8.22. The van der Waals surface area contributed by atoms with Crippen LogP contribution in [0.3, 0.4) is 0 Å². The number of hydrogen-bond donors (Lipinski definition) is 2. The van der Waals surface area contributed by atoms with Gasteiger partial charge in [-0.25, -0.2) is 0 Å². The van der Waals surface area contributed by atoms with Gasteiger partial charge in [0, 0.05) is 62.3 Å². The van der Waals surface area contributed by atoms with Gasteiger partial charge in [0.15, 0.2) is 5.82 Å². The Hall–Kier alpha value is -2.07. The number of likely N-dealkylation sites (tertiary alicyclic amines) is 1. The topological polar surface area (TPSA) is 83.0 Å². The van der Waals surface area contributed by atoms with Gasteiger partial charge in [-0.15, -0.1) is 42.3 Å². The summed E-state index contributed by atoms with van der Waals surface area (Å²) in [5.74, 6) is 1.61. The number of ether oxygens (including phenoxy) is 2. The van der Waals surface area contributed by atoms with Gasteiger partial charge >= 0.3 is 0 Å². The van der Waals surface area contributed by atoms with Crippen molar-refractivity contribution in [2.45, 2.75) is 51.0 Å². The summed E-state index contributed by atoms with van der Waals surface area (Å²) in [6.45, 7) is 5.35. The number of aliphatic hydroxyl groups excluding tert-OH is 1. The zero-order chi connectivity index (χ0) is 24.9. The van der Waals surface area contributed by atoms with E-state index in [1.807, 2.05) is 18.2 Å². The van der Waals surface area contributed by atoms with E-state index in [-0.39, 0.29) is 43.3 Å². The highest BCUT2D eigenvalue weighted by Gasteiger charge is 2.22. The number of anilines is 2. The molecule has 0 amide bonds. The number of nitrogens with zero attached hydrogens (tertiary/aromatic N) is 4. The zero-order valence-corrected chi connectivity index (χ0v) is 25.0. The Labute approximate surface area is 249 Å². The van der Waals surface area contributed by atoms with Gasteiger partial charge in [-0.2, -0.15) is 5.10 Å². The summed E-state index contributed by atoms with van der Waals surface area (Å²) in [6.07, 6.45) is 3.69. The van der Waals surface area contributed by atoms with Crippen molar-refractivity contribution in [3.8, 4) is 5.75 Å². The van der Waals surface area contributed by atoms with Crippen LogP contribution in [-0.4, -0.2) is 72.7 Å². The molecule has 2 aliphatic heterocycles. The van der Waals surface area contributed by atoms with Crippen LogP contribution in [-0.2, 0) is 17.9 Å². The second kappa shape index (κ2) is 15.6. The van der Waals surface area contributed by atoms with E-state index in [1.54, 1.807) is 14.2 Å². The van der Waals surface area contributed by atoms with Crippen LogP contribution in [0.25, 0.3) is 10.8 Å². The lowest BCUT2D eigenvalue weighted by molar-refractivity contribution is 0.145. The SMILES string of the molecule is COCc1nnc(NC2CCN(Cc3ccc(N4CCC(O)CC4)cc3)CC2)c2cc(OC)ccc12.Cl.Cl.Cl. The van der Waals surface area contributed by atoms with Gasteiger partial charge in [-0.05, 0) is 61.6 Å². The van der Waals surface area contributed by atoms with Crippen LogP contribution in [0, 0.1) is 0 Å². The highest BCUT2D eigenvalue weighted by Crippen LogP contribution is 2.29. The van der Waals surface area contributed by atoms with Crippen LogP contribution >= 0.6 is 37.2 Å². The summed E-state index contributed by atoms with van der Waals surface area (Å²) in [6, 6.07) is 15.3. The fourth-order valence-electron chi connectivity index (χ4n) is 5.29. The highest BCUT2D eigenvalue weighted by molar-refractivity contribution is 5.94. The number of nitrogens with one attached hydrogen (secondary N) is 1. The minimum Gasteiger partial charge on any atom is -0.497 e. The molecule has 0 aliphatic carbocycles. The van der Waals surface area contributed by atoms with E-state index >= 15 is 0 Å². The van der Waals surface area contributed by atoms with E-state index in [2.05, 4.69) is 49.6 Å². The molecular weight excluding hydrogens is 561 g/mol. The van der Waals surface area contributed by atoms with E-state index < -0.39 is 0 Å². The third-order valence-electron chi connectivity index (χ3n) is 7.45. The van der Waals surface area contributed by atoms with Crippen LogP contribution in [0.2, 0.25) is 0 Å². The quantitative estimate of drug-likeness (QED) is 0.370. The molecule has 0 bridgehead atoms. The fourth-order valence-corrected chi connectivity index (χ4v) is 5.29. The Morgan fingerprint density at radius 3 is 2.21 bits per heavy atom. The molecule has 39 heavy (non-hydrogen) atoms. The normalized spacial score (nSPS) is 16.6. The molecule has 1 aromatic heterocycles. The summed E-state index contributed by atoms with van der Waals surface area (Å²) in [4.78, 5) is 4.90. The van der Waals surface area contributed by atoms with Gasteiger partial charge in [0.05, 0.1) is 25.5 Å². The van der Waals surface area contributed by atoms with Crippen molar-refractivity contribution in [3.05, 3.63) is 53.7 Å². The molecule has 2 aliphatic rings. The average Bonchev–Trinajstić information content (AvgIpc) is 2.92. The van der Waals surface area contributed by atoms with Crippen LogP contribution in [0.4, 0.5) is 11.5 Å². The lowest BCUT2D eigenvalue weighted by Crippen LogP contribution is -2.39. The van der Waals surface area contributed by atoms with Crippen LogP contribution in [0.1, 0.15) is 36.9 Å². The van der Waals surface area contributed by atoms with Crippen molar-refractivity contribution in [2.24, 2.45) is 0 Å². The molecule has 3 heterocycles. The van der Waals surface area contributed by atoms with Gasteiger partial charge in [-0.1, -0.05) is 12.1 Å². The van der Waals surface area contributed by atoms with Gasteiger partial charge in [-0.3, -0.25) is 4.90 Å². The molecule has 216 valence electrons. The molecule has 8 nitrogen and oxygen atoms in total. The molecule has 5 rings (SSSR count). The summed E-state index contributed by atoms with van der Waals surface area (Å²) >= 11 is 0. The number of benzene rings is 2. The van der Waals surface area contributed by atoms with Gasteiger partial charge in [0.1, 0.15) is 5.75 Å². The Bertz CT molecular complexity index is 1160. The smallest absolute Gasteiger partial charge is 0.156 e. The van der Waals surface area contributed by atoms with Crippen molar-refractivity contribution >= 4 is 59.5 Å². The largest absolute Gasteiger partial charge is 0.497 e. The second-order valence-electron chi connectivity index (χ2n) is 9.92. The number of hydrogen-bond acceptors (Lipinski definition) is 8. The fraction of sp³-hybridized carbons (Fsp3) is 0.500. The molecule has 2 N–H and O–H groups in total. The van der Waals surface area contributed by atoms with Crippen molar-refractivity contribution < 1.29 is 14.6 Å². The van der Waals surface area contributed by atoms with Crippen LogP contribution in [0.15, 0.2) is 42.5 Å². The zero-order valence-electron chi connectivity index (χ0n) is 22.5. The van der Waals surface area contributed by atoms with E-state index in [0.717, 1.165) is 86.4 Å².